The minimum Gasteiger partial charge on any atom is -0.308 e. The first-order valence-corrected chi connectivity index (χ1v) is 11.4. The van der Waals surface area contributed by atoms with Crippen LogP contribution in [0.5, 0.6) is 0 Å². The molecular formula is C21H24ClN3OS2. The number of fused-ring (bicyclic) bond motifs is 1. The zero-order valence-corrected chi connectivity index (χ0v) is 18.7. The number of aromatic nitrogens is 1. The zero-order chi connectivity index (χ0) is 20.1. The Morgan fingerprint density at radius 2 is 1.89 bits per heavy atom. The summed E-state index contributed by atoms with van der Waals surface area (Å²) < 4.78 is 1.13. The molecule has 1 aromatic heterocycles. The number of benzene rings is 2. The number of carbonyl (C=O) groups excluding carboxylic acids is 1. The van der Waals surface area contributed by atoms with Crippen molar-refractivity contribution in [1.82, 2.24) is 9.88 Å². The standard InChI is InChI=1S/C21H24ClN3OS2/c1-4-15-5-10-18-19(13-15)28-21(23-18)25(12-11-24(2)3)20(26)14-27-17-8-6-16(22)7-9-17/h5-10,13H,4,11-12,14H2,1-3H3. The number of thiazole rings is 1. The van der Waals surface area contributed by atoms with Gasteiger partial charge in [-0.3, -0.25) is 9.69 Å². The predicted octanol–water partition coefficient (Wildman–Crippen LogP) is 5.20. The van der Waals surface area contributed by atoms with Crippen molar-refractivity contribution < 1.29 is 4.79 Å². The Kier molecular flexibility index (Phi) is 7.35. The SMILES string of the molecule is CCc1ccc2nc(N(CCN(C)C)C(=O)CSc3ccc(Cl)cc3)sc2c1. The molecule has 148 valence electrons. The molecule has 0 saturated carbocycles. The lowest BCUT2D eigenvalue weighted by Crippen LogP contribution is -2.37. The first-order valence-electron chi connectivity index (χ1n) is 9.19. The van der Waals surface area contributed by atoms with Crippen molar-refractivity contribution in [3.05, 3.63) is 53.1 Å². The lowest BCUT2D eigenvalue weighted by molar-refractivity contribution is -0.116. The van der Waals surface area contributed by atoms with E-state index in [-0.39, 0.29) is 5.91 Å². The van der Waals surface area contributed by atoms with E-state index in [2.05, 4.69) is 24.0 Å². The van der Waals surface area contributed by atoms with Crippen molar-refractivity contribution in [2.45, 2.75) is 18.2 Å². The lowest BCUT2D eigenvalue weighted by atomic mass is 10.2. The molecule has 0 saturated heterocycles. The Hall–Kier alpha value is -1.60. The number of anilines is 1. The van der Waals surface area contributed by atoms with Gasteiger partial charge in [-0.15, -0.1) is 11.8 Å². The second-order valence-electron chi connectivity index (χ2n) is 6.74. The number of amides is 1. The molecule has 0 aliphatic carbocycles. The molecule has 0 fully saturated rings. The van der Waals surface area contributed by atoms with Crippen LogP contribution in [0.1, 0.15) is 12.5 Å². The van der Waals surface area contributed by atoms with Gasteiger partial charge in [0, 0.05) is 23.0 Å². The molecule has 3 aromatic rings. The van der Waals surface area contributed by atoms with Crippen LogP contribution in [0, 0.1) is 0 Å². The fraction of sp³-hybridized carbons (Fsp3) is 0.333. The van der Waals surface area contributed by atoms with Crippen LogP contribution in [0.2, 0.25) is 5.02 Å². The summed E-state index contributed by atoms with van der Waals surface area (Å²) in [4.78, 5) is 22.7. The Bertz CT molecular complexity index is 940. The third kappa shape index (κ3) is 5.47. The largest absolute Gasteiger partial charge is 0.308 e. The Balaban J connectivity index is 1.79. The molecule has 28 heavy (non-hydrogen) atoms. The highest BCUT2D eigenvalue weighted by Gasteiger charge is 2.20. The monoisotopic (exact) mass is 433 g/mol. The molecule has 3 rings (SSSR count). The van der Waals surface area contributed by atoms with E-state index >= 15 is 0 Å². The van der Waals surface area contributed by atoms with Crippen LogP contribution in [-0.2, 0) is 11.2 Å². The molecule has 7 heteroatoms. The van der Waals surface area contributed by atoms with Gasteiger partial charge >= 0.3 is 0 Å². The maximum atomic E-state index is 13.0. The van der Waals surface area contributed by atoms with Crippen molar-refractivity contribution in [3.8, 4) is 0 Å². The third-order valence-corrected chi connectivity index (χ3v) is 6.62. The Morgan fingerprint density at radius 3 is 2.57 bits per heavy atom. The predicted molar refractivity (Wildman–Crippen MR) is 122 cm³/mol. The van der Waals surface area contributed by atoms with Crippen molar-refractivity contribution in [2.75, 3.05) is 37.8 Å². The minimum atomic E-state index is 0.0663. The quantitative estimate of drug-likeness (QED) is 0.457. The van der Waals surface area contributed by atoms with E-state index in [1.54, 1.807) is 11.3 Å². The second-order valence-corrected chi connectivity index (χ2v) is 9.24. The molecule has 2 aromatic carbocycles. The van der Waals surface area contributed by atoms with E-state index in [9.17, 15) is 4.79 Å². The van der Waals surface area contributed by atoms with Gasteiger partial charge in [-0.1, -0.05) is 35.9 Å². The van der Waals surface area contributed by atoms with E-state index in [0.29, 0.717) is 17.3 Å². The fourth-order valence-corrected chi connectivity index (χ4v) is 4.65. The van der Waals surface area contributed by atoms with Crippen molar-refractivity contribution >= 4 is 56.0 Å². The first-order chi connectivity index (χ1) is 13.5. The van der Waals surface area contributed by atoms with E-state index in [4.69, 9.17) is 16.6 Å². The Labute approximate surface area is 179 Å². The molecule has 0 spiro atoms. The second kappa shape index (κ2) is 9.74. The summed E-state index contributed by atoms with van der Waals surface area (Å²) in [5.41, 5.74) is 2.23. The molecular weight excluding hydrogens is 410 g/mol. The summed E-state index contributed by atoms with van der Waals surface area (Å²) in [6.07, 6.45) is 0.990. The van der Waals surface area contributed by atoms with Crippen LogP contribution < -0.4 is 4.90 Å². The highest BCUT2D eigenvalue weighted by Crippen LogP contribution is 2.30. The number of likely N-dealkylation sites (N-methyl/N-ethyl adjacent to an activating group) is 1. The van der Waals surface area contributed by atoms with Crippen LogP contribution in [-0.4, -0.2) is 48.7 Å². The highest BCUT2D eigenvalue weighted by atomic mass is 35.5. The van der Waals surface area contributed by atoms with Crippen LogP contribution >= 0.6 is 34.7 Å². The molecule has 0 atom stereocenters. The molecule has 0 radical (unpaired) electrons. The smallest absolute Gasteiger partial charge is 0.239 e. The molecule has 4 nitrogen and oxygen atoms in total. The number of thioether (sulfide) groups is 1. The van der Waals surface area contributed by atoms with Gasteiger partial charge in [0.15, 0.2) is 5.13 Å². The maximum Gasteiger partial charge on any atom is 0.239 e. The van der Waals surface area contributed by atoms with Crippen LogP contribution in [0.3, 0.4) is 0 Å². The van der Waals surface area contributed by atoms with Crippen LogP contribution in [0.4, 0.5) is 5.13 Å². The average molecular weight is 434 g/mol. The van der Waals surface area contributed by atoms with Crippen molar-refractivity contribution in [3.63, 3.8) is 0 Å². The lowest BCUT2D eigenvalue weighted by Gasteiger charge is -2.21. The number of nitrogens with zero attached hydrogens (tertiary/aromatic N) is 3. The van der Waals surface area contributed by atoms with E-state index < -0.39 is 0 Å². The number of halogens is 1. The molecule has 0 unspecified atom stereocenters. The van der Waals surface area contributed by atoms with Gasteiger partial charge in [0.2, 0.25) is 5.91 Å². The van der Waals surface area contributed by atoms with Gasteiger partial charge in [-0.05, 0) is 62.5 Å². The van der Waals surface area contributed by atoms with Gasteiger partial charge in [0.05, 0.1) is 16.0 Å². The Morgan fingerprint density at radius 1 is 1.14 bits per heavy atom. The average Bonchev–Trinajstić information content (AvgIpc) is 3.10. The van der Waals surface area contributed by atoms with Crippen LogP contribution in [0.25, 0.3) is 10.2 Å². The van der Waals surface area contributed by atoms with Gasteiger partial charge < -0.3 is 4.90 Å². The zero-order valence-electron chi connectivity index (χ0n) is 16.3. The normalized spacial score (nSPS) is 11.3. The van der Waals surface area contributed by atoms with Gasteiger partial charge in [0.25, 0.3) is 0 Å². The molecule has 0 bridgehead atoms. The van der Waals surface area contributed by atoms with Crippen molar-refractivity contribution in [2.24, 2.45) is 0 Å². The third-order valence-electron chi connectivity index (χ3n) is 4.33. The minimum absolute atomic E-state index is 0.0663. The van der Waals surface area contributed by atoms with Gasteiger partial charge in [-0.25, -0.2) is 4.98 Å². The number of hydrogen-bond acceptors (Lipinski definition) is 5. The number of rotatable bonds is 8. The van der Waals surface area contributed by atoms with E-state index in [0.717, 1.165) is 33.2 Å². The molecule has 0 N–H and O–H groups in total. The molecule has 0 aliphatic rings. The molecule has 0 aliphatic heterocycles. The van der Waals surface area contributed by atoms with Crippen molar-refractivity contribution in [1.29, 1.82) is 0 Å². The maximum absolute atomic E-state index is 13.0. The van der Waals surface area contributed by atoms with E-state index in [1.165, 1.54) is 17.3 Å². The summed E-state index contributed by atoms with van der Waals surface area (Å²) in [7, 11) is 4.02. The highest BCUT2D eigenvalue weighted by molar-refractivity contribution is 8.00. The summed E-state index contributed by atoms with van der Waals surface area (Å²) in [6.45, 7) is 3.55. The summed E-state index contributed by atoms with van der Waals surface area (Å²) in [5.74, 6) is 0.433. The summed E-state index contributed by atoms with van der Waals surface area (Å²) >= 11 is 9.05. The van der Waals surface area contributed by atoms with E-state index in [1.807, 2.05) is 49.3 Å². The molecule has 1 heterocycles. The number of aryl methyl sites for hydroxylation is 1. The number of carbonyl (C=O) groups is 1. The molecule has 1 amide bonds. The summed E-state index contributed by atoms with van der Waals surface area (Å²) in [6, 6.07) is 13.9. The fourth-order valence-electron chi connectivity index (χ4n) is 2.67. The van der Waals surface area contributed by atoms with Gasteiger partial charge in [-0.2, -0.15) is 0 Å². The van der Waals surface area contributed by atoms with Crippen LogP contribution in [0.15, 0.2) is 47.4 Å². The topological polar surface area (TPSA) is 36.4 Å². The van der Waals surface area contributed by atoms with Gasteiger partial charge in [0.1, 0.15) is 0 Å². The summed E-state index contributed by atoms with van der Waals surface area (Å²) in [5, 5.41) is 1.47. The number of hydrogen-bond donors (Lipinski definition) is 0. The first kappa shape index (κ1) is 21.1.